The fraction of sp³-hybridized carbons (Fsp3) is 0.556. The molecule has 1 aromatic heterocycles. The quantitative estimate of drug-likeness (QED) is 0.827. The van der Waals surface area contributed by atoms with Gasteiger partial charge in [0, 0.05) is 18.0 Å². The average Bonchev–Trinajstić information content (AvgIpc) is 2.54. The molecule has 0 aliphatic heterocycles. The first kappa shape index (κ1) is 11.0. The molecule has 0 spiro atoms. The number of hydrogen-bond donors (Lipinski definition) is 1. The van der Waals surface area contributed by atoms with Crippen molar-refractivity contribution >= 4 is 22.9 Å². The Bertz CT molecular complexity index is 252. The van der Waals surface area contributed by atoms with E-state index in [9.17, 15) is 0 Å². The third-order valence-electron chi connectivity index (χ3n) is 1.65. The Balaban J connectivity index is 2.56. The summed E-state index contributed by atoms with van der Waals surface area (Å²) in [4.78, 5) is 1.11. The zero-order chi connectivity index (χ0) is 9.68. The fourth-order valence-corrected chi connectivity index (χ4v) is 2.15. The van der Waals surface area contributed by atoms with Gasteiger partial charge in [0.15, 0.2) is 0 Å². The lowest BCUT2D eigenvalue weighted by atomic mass is 10.3. The minimum absolute atomic E-state index is 0.0115. The minimum atomic E-state index is 0.0115. The van der Waals surface area contributed by atoms with Crippen LogP contribution >= 0.6 is 22.9 Å². The highest BCUT2D eigenvalue weighted by molar-refractivity contribution is 7.16. The van der Waals surface area contributed by atoms with E-state index in [-0.39, 0.29) is 6.10 Å². The molecule has 4 heteroatoms. The molecule has 2 nitrogen and oxygen atoms in total. The molecule has 0 amide bonds. The van der Waals surface area contributed by atoms with Crippen LogP contribution in [0.25, 0.3) is 0 Å². The van der Waals surface area contributed by atoms with Crippen LogP contribution in [0, 0.1) is 0 Å². The molecule has 0 fully saturated rings. The fourth-order valence-electron chi connectivity index (χ4n) is 1.03. The van der Waals surface area contributed by atoms with E-state index in [1.807, 2.05) is 12.1 Å². The summed E-state index contributed by atoms with van der Waals surface area (Å²) in [5.41, 5.74) is 5.59. The van der Waals surface area contributed by atoms with Gasteiger partial charge in [-0.1, -0.05) is 18.5 Å². The maximum atomic E-state index is 5.82. The lowest BCUT2D eigenvalue weighted by molar-refractivity contribution is 0.0615. The molecule has 0 bridgehead atoms. The van der Waals surface area contributed by atoms with E-state index in [0.29, 0.717) is 6.54 Å². The Morgan fingerprint density at radius 1 is 1.62 bits per heavy atom. The van der Waals surface area contributed by atoms with Crippen molar-refractivity contribution in [1.29, 1.82) is 0 Å². The zero-order valence-electron chi connectivity index (χ0n) is 7.63. The molecular weight excluding hydrogens is 206 g/mol. The Morgan fingerprint density at radius 3 is 2.85 bits per heavy atom. The molecule has 0 saturated carbocycles. The Hall–Kier alpha value is -0.0900. The third-order valence-corrected chi connectivity index (χ3v) is 2.97. The molecule has 1 rings (SSSR count). The first-order valence-corrected chi connectivity index (χ1v) is 5.54. The average molecular weight is 220 g/mol. The predicted molar refractivity (Wildman–Crippen MR) is 57.4 cm³/mol. The molecule has 0 aliphatic rings. The number of thiophene rings is 1. The first-order chi connectivity index (χ1) is 6.27. The highest BCUT2D eigenvalue weighted by Gasteiger charge is 2.11. The van der Waals surface area contributed by atoms with E-state index in [1.165, 1.54) is 11.3 Å². The molecule has 2 N–H and O–H groups in total. The van der Waals surface area contributed by atoms with E-state index >= 15 is 0 Å². The van der Waals surface area contributed by atoms with Gasteiger partial charge in [-0.05, 0) is 18.6 Å². The van der Waals surface area contributed by atoms with E-state index in [2.05, 4.69) is 6.92 Å². The van der Waals surface area contributed by atoms with Crippen LogP contribution in [0.4, 0.5) is 0 Å². The number of hydrogen-bond acceptors (Lipinski definition) is 3. The number of halogens is 1. The van der Waals surface area contributed by atoms with Gasteiger partial charge in [0.1, 0.15) is 6.10 Å². The number of ether oxygens (including phenoxy) is 1. The molecule has 0 saturated heterocycles. The van der Waals surface area contributed by atoms with Gasteiger partial charge in [0.05, 0.1) is 4.34 Å². The standard InChI is InChI=1S/C9H14ClNOS/c1-2-5-12-7(6-11)8-3-4-9(10)13-8/h3-4,7H,2,5-6,11H2,1H3. The van der Waals surface area contributed by atoms with Gasteiger partial charge < -0.3 is 10.5 Å². The van der Waals surface area contributed by atoms with Crippen LogP contribution in [0.1, 0.15) is 24.3 Å². The highest BCUT2D eigenvalue weighted by atomic mass is 35.5. The first-order valence-electron chi connectivity index (χ1n) is 4.34. The summed E-state index contributed by atoms with van der Waals surface area (Å²) in [6.07, 6.45) is 1.02. The molecule has 1 heterocycles. The molecule has 1 atom stereocenters. The summed E-state index contributed by atoms with van der Waals surface area (Å²) < 4.78 is 6.35. The zero-order valence-corrected chi connectivity index (χ0v) is 9.20. The highest BCUT2D eigenvalue weighted by Crippen LogP contribution is 2.28. The minimum Gasteiger partial charge on any atom is -0.371 e. The maximum Gasteiger partial charge on any atom is 0.104 e. The normalized spacial score (nSPS) is 13.2. The third kappa shape index (κ3) is 3.27. The van der Waals surface area contributed by atoms with E-state index in [4.69, 9.17) is 22.1 Å². The predicted octanol–water partition coefficient (Wildman–Crippen LogP) is 2.83. The molecule has 1 unspecified atom stereocenters. The van der Waals surface area contributed by atoms with Crippen LogP contribution in [0.5, 0.6) is 0 Å². The van der Waals surface area contributed by atoms with Gasteiger partial charge in [-0.25, -0.2) is 0 Å². The van der Waals surface area contributed by atoms with E-state index in [1.54, 1.807) is 0 Å². The van der Waals surface area contributed by atoms with Crippen molar-refractivity contribution in [2.75, 3.05) is 13.2 Å². The van der Waals surface area contributed by atoms with Crippen molar-refractivity contribution in [2.45, 2.75) is 19.4 Å². The molecule has 74 valence electrons. The van der Waals surface area contributed by atoms with E-state index in [0.717, 1.165) is 22.2 Å². The van der Waals surface area contributed by atoms with E-state index < -0.39 is 0 Å². The van der Waals surface area contributed by atoms with Gasteiger partial charge in [-0.3, -0.25) is 0 Å². The Labute approximate surface area is 87.7 Å². The van der Waals surface area contributed by atoms with Crippen molar-refractivity contribution in [3.05, 3.63) is 21.3 Å². The van der Waals surface area contributed by atoms with Gasteiger partial charge >= 0.3 is 0 Å². The number of rotatable bonds is 5. The van der Waals surface area contributed by atoms with Gasteiger partial charge in [0.25, 0.3) is 0 Å². The second kappa shape index (κ2) is 5.60. The van der Waals surface area contributed by atoms with Gasteiger partial charge in [0.2, 0.25) is 0 Å². The molecule has 1 aromatic rings. The smallest absolute Gasteiger partial charge is 0.104 e. The van der Waals surface area contributed by atoms with Crippen molar-refractivity contribution in [3.8, 4) is 0 Å². The summed E-state index contributed by atoms with van der Waals surface area (Å²) in [6, 6.07) is 3.85. The van der Waals surface area contributed by atoms with Crippen LogP contribution < -0.4 is 5.73 Å². The maximum absolute atomic E-state index is 5.82. The van der Waals surface area contributed by atoms with Crippen molar-refractivity contribution < 1.29 is 4.74 Å². The molecular formula is C9H14ClNOS. The Kier molecular flexibility index (Phi) is 4.73. The topological polar surface area (TPSA) is 35.2 Å². The second-order valence-electron chi connectivity index (χ2n) is 2.74. The summed E-state index contributed by atoms with van der Waals surface area (Å²) in [5.74, 6) is 0. The van der Waals surface area contributed by atoms with Crippen LogP contribution in [-0.4, -0.2) is 13.2 Å². The van der Waals surface area contributed by atoms with Crippen LogP contribution in [-0.2, 0) is 4.74 Å². The van der Waals surface area contributed by atoms with Crippen LogP contribution in [0.15, 0.2) is 12.1 Å². The molecule has 13 heavy (non-hydrogen) atoms. The molecule has 0 aromatic carbocycles. The molecule has 0 aliphatic carbocycles. The summed E-state index contributed by atoms with van der Waals surface area (Å²) in [5, 5.41) is 0. The summed E-state index contributed by atoms with van der Waals surface area (Å²) in [7, 11) is 0. The number of nitrogens with two attached hydrogens (primary N) is 1. The van der Waals surface area contributed by atoms with Crippen LogP contribution in [0.2, 0.25) is 4.34 Å². The van der Waals surface area contributed by atoms with Crippen LogP contribution in [0.3, 0.4) is 0 Å². The van der Waals surface area contributed by atoms with Gasteiger partial charge in [-0.2, -0.15) is 0 Å². The monoisotopic (exact) mass is 219 g/mol. The largest absolute Gasteiger partial charge is 0.371 e. The summed E-state index contributed by atoms with van der Waals surface area (Å²) in [6.45, 7) is 3.34. The Morgan fingerprint density at radius 2 is 2.38 bits per heavy atom. The van der Waals surface area contributed by atoms with Crippen molar-refractivity contribution in [3.63, 3.8) is 0 Å². The van der Waals surface area contributed by atoms with Crippen molar-refractivity contribution in [1.82, 2.24) is 0 Å². The SMILES string of the molecule is CCCOC(CN)c1ccc(Cl)s1. The van der Waals surface area contributed by atoms with Gasteiger partial charge in [-0.15, -0.1) is 11.3 Å². The second-order valence-corrected chi connectivity index (χ2v) is 4.48. The molecule has 0 radical (unpaired) electrons. The van der Waals surface area contributed by atoms with Crippen molar-refractivity contribution in [2.24, 2.45) is 5.73 Å². The lowest BCUT2D eigenvalue weighted by Gasteiger charge is -2.13. The lowest BCUT2D eigenvalue weighted by Crippen LogP contribution is -2.15. The summed E-state index contributed by atoms with van der Waals surface area (Å²) >= 11 is 7.35.